The normalized spacial score (nSPS) is 28.4. The zero-order valence-corrected chi connectivity index (χ0v) is 25.9. The van der Waals surface area contributed by atoms with Crippen molar-refractivity contribution in [3.8, 4) is 24.0 Å². The minimum absolute atomic E-state index is 0.0188. The quantitative estimate of drug-likeness (QED) is 0.477. The van der Waals surface area contributed by atoms with Crippen LogP contribution in [0.2, 0.25) is 0 Å². The Labute approximate surface area is 258 Å². The molecular weight excluding hydrogens is 564 g/mol. The molecule has 5 rings (SSSR count). The first kappa shape index (κ1) is 31.4. The third-order valence-electron chi connectivity index (χ3n) is 9.00. The van der Waals surface area contributed by atoms with Gasteiger partial charge in [-0.15, -0.1) is 12.3 Å². The van der Waals surface area contributed by atoms with Crippen LogP contribution in [0.25, 0.3) is 11.0 Å². The first-order chi connectivity index (χ1) is 21.0. The molecule has 0 spiro atoms. The minimum Gasteiger partial charge on any atom is -0.497 e. The number of alkyl carbamates (subject to hydrolysis) is 1. The molecule has 3 heterocycles. The first-order valence-corrected chi connectivity index (χ1v) is 15.4. The second kappa shape index (κ2) is 12.9. The van der Waals surface area contributed by atoms with Crippen LogP contribution in [0.15, 0.2) is 18.2 Å². The van der Waals surface area contributed by atoms with Crippen LogP contribution in [0.4, 0.5) is 4.79 Å². The standard InChI is InChI=1S/C33H42N4O7/c1-6-19-14-20-10-8-7-9-11-24-29(35-25-16-21(42-5)12-13-23(25)34-24)43-22-17-26(31(39)40)37(18-22)30(38)28(33(2,3)4)36-32(41)44-27(20)15-19/h1,12-13,16,19-20,22,26-28H,7-11,14-15,17-18H2,2-5H3,(H,36,41)(H,39,40)/t19-,20-,22-,26+,27-,28-/m1/s1. The van der Waals surface area contributed by atoms with Crippen LogP contribution < -0.4 is 14.8 Å². The first-order valence-electron chi connectivity index (χ1n) is 15.4. The maximum Gasteiger partial charge on any atom is 0.408 e. The SMILES string of the molecule is C#C[C@@H]1C[C@H]2CCCCCc3nc4ccc(OC)cc4nc3O[C@@H]3C[C@@H](C(=O)O)N(C3)C(=O)[C@H](C(C)(C)C)NC(=O)O[C@@H]2C1. The second-order valence-electron chi connectivity index (χ2n) is 13.2. The van der Waals surface area contributed by atoms with E-state index in [1.54, 1.807) is 13.2 Å². The Morgan fingerprint density at radius 1 is 1.11 bits per heavy atom. The summed E-state index contributed by atoms with van der Waals surface area (Å²) in [6.07, 6.45) is 9.67. The van der Waals surface area contributed by atoms with Gasteiger partial charge in [0.1, 0.15) is 35.7 Å². The van der Waals surface area contributed by atoms with Crippen molar-refractivity contribution >= 4 is 29.0 Å². The summed E-state index contributed by atoms with van der Waals surface area (Å²) >= 11 is 0. The lowest BCUT2D eigenvalue weighted by molar-refractivity contribution is -0.150. The predicted molar refractivity (Wildman–Crippen MR) is 162 cm³/mol. The number of hydrogen-bond acceptors (Lipinski definition) is 8. The van der Waals surface area contributed by atoms with Gasteiger partial charge < -0.3 is 29.5 Å². The van der Waals surface area contributed by atoms with E-state index in [1.807, 2.05) is 32.9 Å². The average Bonchev–Trinajstić information content (AvgIpc) is 3.58. The van der Waals surface area contributed by atoms with E-state index in [0.717, 1.165) is 32.1 Å². The van der Waals surface area contributed by atoms with Gasteiger partial charge in [-0.1, -0.05) is 33.6 Å². The smallest absolute Gasteiger partial charge is 0.408 e. The zero-order chi connectivity index (χ0) is 31.6. The largest absolute Gasteiger partial charge is 0.497 e. The van der Waals surface area contributed by atoms with Crippen LogP contribution >= 0.6 is 0 Å². The maximum absolute atomic E-state index is 14.0. The molecule has 11 heteroatoms. The Morgan fingerprint density at radius 2 is 1.91 bits per heavy atom. The monoisotopic (exact) mass is 606 g/mol. The van der Waals surface area contributed by atoms with Gasteiger partial charge in [0.05, 0.1) is 24.7 Å². The number of nitrogens with one attached hydrogen (secondary N) is 1. The van der Waals surface area contributed by atoms with Crippen LogP contribution in [-0.2, 0) is 20.7 Å². The number of ether oxygens (including phenoxy) is 3. The molecule has 1 aromatic carbocycles. The third kappa shape index (κ3) is 6.85. The van der Waals surface area contributed by atoms with Crippen molar-refractivity contribution in [2.75, 3.05) is 13.7 Å². The molecule has 2 aliphatic heterocycles. The number of aliphatic carboxylic acids is 1. The summed E-state index contributed by atoms with van der Waals surface area (Å²) in [4.78, 5) is 50.5. The van der Waals surface area contributed by atoms with Gasteiger partial charge in [0.15, 0.2) is 0 Å². The maximum atomic E-state index is 14.0. The van der Waals surface area contributed by atoms with E-state index in [4.69, 9.17) is 30.6 Å². The van der Waals surface area contributed by atoms with Crippen LogP contribution in [-0.4, -0.2) is 75.9 Å². The molecule has 1 saturated heterocycles. The minimum atomic E-state index is -1.14. The molecule has 3 aliphatic rings. The predicted octanol–water partition coefficient (Wildman–Crippen LogP) is 4.36. The number of carbonyl (C=O) groups is 3. The second-order valence-corrected chi connectivity index (χ2v) is 13.2. The molecule has 0 radical (unpaired) electrons. The molecule has 2 aromatic rings. The number of rotatable bonds is 2. The summed E-state index contributed by atoms with van der Waals surface area (Å²) in [6, 6.07) is 3.30. The summed E-state index contributed by atoms with van der Waals surface area (Å²) in [7, 11) is 1.58. The molecule has 2 bridgehead atoms. The number of aryl methyl sites for hydroxylation is 1. The number of fused-ring (bicyclic) bond motifs is 5. The van der Waals surface area contributed by atoms with Crippen molar-refractivity contribution < 1.29 is 33.7 Å². The van der Waals surface area contributed by atoms with Gasteiger partial charge in [0.25, 0.3) is 0 Å². The van der Waals surface area contributed by atoms with Crippen molar-refractivity contribution in [3.63, 3.8) is 0 Å². The van der Waals surface area contributed by atoms with Gasteiger partial charge >= 0.3 is 12.1 Å². The fourth-order valence-electron chi connectivity index (χ4n) is 6.61. The number of hydrogen-bond donors (Lipinski definition) is 2. The number of carboxylic acids is 1. The van der Waals surface area contributed by atoms with E-state index < -0.39 is 41.6 Å². The molecule has 2 amide bonds. The lowest BCUT2D eigenvalue weighted by Crippen LogP contribution is -2.57. The lowest BCUT2D eigenvalue weighted by Gasteiger charge is -2.35. The van der Waals surface area contributed by atoms with Gasteiger partial charge in [-0.05, 0) is 55.6 Å². The van der Waals surface area contributed by atoms with Crippen LogP contribution in [0, 0.1) is 29.6 Å². The number of terminal acetylenes is 1. The molecule has 44 heavy (non-hydrogen) atoms. The molecule has 2 fully saturated rings. The fraction of sp³-hybridized carbons (Fsp3) is 0.606. The van der Waals surface area contributed by atoms with E-state index in [0.29, 0.717) is 41.2 Å². The van der Waals surface area contributed by atoms with E-state index in [-0.39, 0.29) is 30.9 Å². The molecule has 0 unspecified atom stereocenters. The van der Waals surface area contributed by atoms with Crippen LogP contribution in [0.1, 0.15) is 71.4 Å². The van der Waals surface area contributed by atoms with Gasteiger partial charge in [-0.3, -0.25) is 4.79 Å². The van der Waals surface area contributed by atoms with Crippen molar-refractivity contribution in [2.24, 2.45) is 17.3 Å². The Hall–Kier alpha value is -4.07. The summed E-state index contributed by atoms with van der Waals surface area (Å²) < 4.78 is 17.6. The van der Waals surface area contributed by atoms with Crippen molar-refractivity contribution in [3.05, 3.63) is 23.9 Å². The highest BCUT2D eigenvalue weighted by Gasteiger charge is 2.46. The lowest BCUT2D eigenvalue weighted by atomic mass is 9.85. The molecule has 1 saturated carbocycles. The highest BCUT2D eigenvalue weighted by molar-refractivity contribution is 5.90. The number of benzene rings is 1. The van der Waals surface area contributed by atoms with Gasteiger partial charge in [-0.2, -0.15) is 0 Å². The molecule has 11 nitrogen and oxygen atoms in total. The number of carboxylic acid groups (broad SMARTS) is 1. The Morgan fingerprint density at radius 3 is 2.61 bits per heavy atom. The zero-order valence-electron chi connectivity index (χ0n) is 25.9. The van der Waals surface area contributed by atoms with E-state index in [1.165, 1.54) is 4.90 Å². The molecule has 6 atom stereocenters. The van der Waals surface area contributed by atoms with Gasteiger partial charge in [0, 0.05) is 18.4 Å². The highest BCUT2D eigenvalue weighted by atomic mass is 16.6. The fourth-order valence-corrected chi connectivity index (χ4v) is 6.61. The van der Waals surface area contributed by atoms with Crippen LogP contribution in [0.3, 0.4) is 0 Å². The van der Waals surface area contributed by atoms with E-state index in [9.17, 15) is 19.5 Å². The summed E-state index contributed by atoms with van der Waals surface area (Å²) in [5, 5.41) is 12.9. The average molecular weight is 607 g/mol. The highest BCUT2D eigenvalue weighted by Crippen LogP contribution is 2.37. The van der Waals surface area contributed by atoms with E-state index in [2.05, 4.69) is 11.2 Å². The summed E-state index contributed by atoms with van der Waals surface area (Å²) in [5.74, 6) is 2.28. The van der Waals surface area contributed by atoms with Crippen molar-refractivity contribution in [1.82, 2.24) is 20.2 Å². The molecule has 2 N–H and O–H groups in total. The summed E-state index contributed by atoms with van der Waals surface area (Å²) in [6.45, 7) is 5.48. The molecule has 1 aromatic heterocycles. The Balaban J connectivity index is 1.50. The molecule has 1 aliphatic carbocycles. The van der Waals surface area contributed by atoms with Gasteiger partial charge in [0.2, 0.25) is 11.8 Å². The number of nitrogens with zero attached hydrogens (tertiary/aromatic N) is 3. The van der Waals surface area contributed by atoms with E-state index >= 15 is 0 Å². The van der Waals surface area contributed by atoms with Crippen LogP contribution in [0.5, 0.6) is 11.6 Å². The topological polar surface area (TPSA) is 140 Å². The summed E-state index contributed by atoms with van der Waals surface area (Å²) in [5.41, 5.74) is 1.26. The van der Waals surface area contributed by atoms with Gasteiger partial charge in [-0.25, -0.2) is 19.6 Å². The number of aromatic nitrogens is 2. The number of amides is 2. The number of carbonyl (C=O) groups excluding carboxylic acids is 2. The molecular formula is C33H42N4O7. The Kier molecular flexibility index (Phi) is 9.18. The third-order valence-corrected chi connectivity index (χ3v) is 9.00. The molecule has 236 valence electrons. The van der Waals surface area contributed by atoms with Crippen molar-refractivity contribution in [1.29, 1.82) is 0 Å². The number of methoxy groups -OCH3 is 1. The Bertz CT molecular complexity index is 1450. The van der Waals surface area contributed by atoms with Crippen molar-refractivity contribution in [2.45, 2.75) is 96.4 Å².